The van der Waals surface area contributed by atoms with E-state index in [1.165, 1.54) is 10.6 Å². The van der Waals surface area contributed by atoms with Gasteiger partial charge < -0.3 is 13.9 Å². The van der Waals surface area contributed by atoms with Gasteiger partial charge in [-0.15, -0.1) is 0 Å². The molecule has 3 aromatic carbocycles. The van der Waals surface area contributed by atoms with Crippen molar-refractivity contribution in [3.63, 3.8) is 0 Å². The first kappa shape index (κ1) is 31.2. The van der Waals surface area contributed by atoms with Crippen molar-refractivity contribution in [2.24, 2.45) is 4.99 Å². The molecule has 1 aliphatic heterocycles. The number of rotatable bonds is 8. The van der Waals surface area contributed by atoms with Crippen molar-refractivity contribution >= 4 is 62.3 Å². The summed E-state index contributed by atoms with van der Waals surface area (Å²) in [6, 6.07) is 21.7. The number of fused-ring (bicyclic) bond motifs is 1. The van der Waals surface area contributed by atoms with E-state index in [1.54, 1.807) is 62.6 Å². The van der Waals surface area contributed by atoms with Crippen LogP contribution in [0.2, 0.25) is 5.02 Å². The summed E-state index contributed by atoms with van der Waals surface area (Å²) >= 11 is 10.5. The molecule has 0 spiro atoms. The van der Waals surface area contributed by atoms with Crippen LogP contribution in [0.4, 0.5) is 5.69 Å². The first-order valence-corrected chi connectivity index (χ1v) is 15.8. The summed E-state index contributed by atoms with van der Waals surface area (Å²) in [6.45, 7) is 1.86. The van der Waals surface area contributed by atoms with Gasteiger partial charge in [0.25, 0.3) is 11.2 Å². The summed E-state index contributed by atoms with van der Waals surface area (Å²) in [4.78, 5) is 43.9. The average molecular weight is 721 g/mol. The lowest BCUT2D eigenvalue weighted by Gasteiger charge is -2.26. The van der Waals surface area contributed by atoms with Gasteiger partial charge >= 0.3 is 5.97 Å². The minimum absolute atomic E-state index is 0.137. The molecule has 2 aromatic heterocycles. The van der Waals surface area contributed by atoms with Crippen molar-refractivity contribution in [3.8, 4) is 17.1 Å². The lowest BCUT2D eigenvalue weighted by atomic mass is 9.93. The molecule has 0 fully saturated rings. The third-order valence-electron chi connectivity index (χ3n) is 7.20. The number of halogens is 2. The third kappa shape index (κ3) is 5.82. The number of carbonyl (C=O) groups is 1. The minimum atomic E-state index is -0.851. The van der Waals surface area contributed by atoms with Crippen molar-refractivity contribution < 1.29 is 23.6 Å². The highest BCUT2D eigenvalue weighted by atomic mass is 79.9. The van der Waals surface area contributed by atoms with E-state index in [9.17, 15) is 19.7 Å². The summed E-state index contributed by atoms with van der Waals surface area (Å²) in [5, 5.41) is 11.7. The normalized spacial score (nSPS) is 14.5. The first-order chi connectivity index (χ1) is 22.2. The Morgan fingerprint density at radius 2 is 1.87 bits per heavy atom. The summed E-state index contributed by atoms with van der Waals surface area (Å²) < 4.78 is 18.8. The summed E-state index contributed by atoms with van der Waals surface area (Å²) in [5.41, 5.74) is 1.78. The van der Waals surface area contributed by atoms with Gasteiger partial charge in [-0.2, -0.15) is 0 Å². The van der Waals surface area contributed by atoms with Gasteiger partial charge in [-0.3, -0.25) is 19.5 Å². The van der Waals surface area contributed by atoms with E-state index in [-0.39, 0.29) is 27.4 Å². The standard InChI is InChI=1S/C33H23BrClN3O7S/c1-3-44-32(40)27-29(18-7-5-4-6-8-18)36-33-37(30(27)19-9-11-21(43-2)12-10-19)31(39)26(46-33)17-22-13-14-25(45-22)20-15-23(35)28(34)24(16-20)38(41)42/h4-17,30H,3H2,1-2H3/b26-17-/t30-/m1/s1. The third-order valence-corrected chi connectivity index (χ3v) is 9.54. The zero-order valence-corrected chi connectivity index (χ0v) is 27.4. The zero-order chi connectivity index (χ0) is 32.5. The maximum Gasteiger partial charge on any atom is 0.338 e. The van der Waals surface area contributed by atoms with Crippen LogP contribution in [0.25, 0.3) is 23.1 Å². The molecule has 10 nitrogen and oxygen atoms in total. The zero-order valence-electron chi connectivity index (χ0n) is 24.2. The molecule has 0 saturated heterocycles. The number of esters is 1. The Hall–Kier alpha value is -4.78. The molecule has 0 saturated carbocycles. The molecule has 0 N–H and O–H groups in total. The second-order valence-electron chi connectivity index (χ2n) is 9.95. The van der Waals surface area contributed by atoms with Crippen LogP contribution in [0.15, 0.2) is 103 Å². The Kier molecular flexibility index (Phi) is 8.76. The smallest absolute Gasteiger partial charge is 0.338 e. The highest BCUT2D eigenvalue weighted by molar-refractivity contribution is 9.10. The van der Waals surface area contributed by atoms with Gasteiger partial charge in [-0.05, 0) is 58.7 Å². The fraction of sp³-hybridized carbons (Fsp3) is 0.121. The number of hydrogen-bond donors (Lipinski definition) is 0. The van der Waals surface area contributed by atoms with E-state index in [0.717, 1.165) is 11.3 Å². The molecule has 13 heteroatoms. The van der Waals surface area contributed by atoms with Gasteiger partial charge in [0, 0.05) is 23.3 Å². The number of carbonyl (C=O) groups excluding carboxylic acids is 1. The van der Waals surface area contributed by atoms with Crippen molar-refractivity contribution in [2.45, 2.75) is 13.0 Å². The molecule has 3 heterocycles. The number of nitro benzene ring substituents is 1. The van der Waals surface area contributed by atoms with Gasteiger partial charge in [-0.1, -0.05) is 65.4 Å². The second-order valence-corrected chi connectivity index (χ2v) is 12.2. The molecule has 0 amide bonds. The number of ether oxygens (including phenoxy) is 2. The Balaban J connectivity index is 1.53. The van der Waals surface area contributed by atoms with Crippen molar-refractivity contribution in [1.82, 2.24) is 4.57 Å². The SMILES string of the molecule is CCOC(=O)C1=C(c2ccccc2)N=c2s/c(=C\c3ccc(-c4cc(Cl)c(Br)c([N+](=O)[O-])c4)o3)c(=O)n2[C@@H]1c1ccc(OC)cc1. The molecule has 1 aliphatic rings. The molecule has 46 heavy (non-hydrogen) atoms. The maximum absolute atomic E-state index is 14.1. The molecule has 0 aliphatic carbocycles. The second kappa shape index (κ2) is 12.9. The van der Waals surface area contributed by atoms with E-state index in [4.69, 9.17) is 30.5 Å². The molecular formula is C33H23BrClN3O7S. The monoisotopic (exact) mass is 719 g/mol. The van der Waals surface area contributed by atoms with E-state index >= 15 is 0 Å². The van der Waals surface area contributed by atoms with Gasteiger partial charge in [0.2, 0.25) is 0 Å². The van der Waals surface area contributed by atoms with Crippen LogP contribution in [-0.4, -0.2) is 29.2 Å². The molecule has 6 rings (SSSR count). The van der Waals surface area contributed by atoms with E-state index < -0.39 is 22.5 Å². The number of aromatic nitrogens is 1. The Morgan fingerprint density at radius 1 is 1.13 bits per heavy atom. The van der Waals surface area contributed by atoms with Crippen LogP contribution in [0.5, 0.6) is 5.75 Å². The summed E-state index contributed by atoms with van der Waals surface area (Å²) in [5.74, 6) is 0.685. The van der Waals surface area contributed by atoms with Crippen molar-refractivity contribution in [2.75, 3.05) is 13.7 Å². The van der Waals surface area contributed by atoms with E-state index in [2.05, 4.69) is 15.9 Å². The predicted molar refractivity (Wildman–Crippen MR) is 178 cm³/mol. The fourth-order valence-electron chi connectivity index (χ4n) is 5.11. The summed E-state index contributed by atoms with van der Waals surface area (Å²) in [6.07, 6.45) is 1.57. The van der Waals surface area contributed by atoms with E-state index in [1.807, 2.05) is 30.3 Å². The quantitative estimate of drug-likeness (QED) is 0.101. The number of nitrogens with zero attached hydrogens (tertiary/aromatic N) is 3. The molecular weight excluding hydrogens is 698 g/mol. The highest BCUT2D eigenvalue weighted by Crippen LogP contribution is 2.38. The van der Waals surface area contributed by atoms with E-state index in [0.29, 0.717) is 49.0 Å². The van der Waals surface area contributed by atoms with Crippen molar-refractivity contribution in [1.29, 1.82) is 0 Å². The number of furan rings is 1. The van der Waals surface area contributed by atoms with Crippen LogP contribution in [-0.2, 0) is 9.53 Å². The van der Waals surface area contributed by atoms with Crippen LogP contribution < -0.4 is 19.6 Å². The Bertz CT molecular complexity index is 2210. The fourth-order valence-corrected chi connectivity index (χ4v) is 6.68. The molecule has 1 atom stereocenters. The Morgan fingerprint density at radius 3 is 2.54 bits per heavy atom. The molecule has 0 unspecified atom stereocenters. The lowest BCUT2D eigenvalue weighted by molar-refractivity contribution is -0.385. The molecule has 232 valence electrons. The maximum atomic E-state index is 14.1. The van der Waals surface area contributed by atoms with Gasteiger partial charge in [-0.25, -0.2) is 9.79 Å². The number of thiazole rings is 1. The number of methoxy groups -OCH3 is 1. The number of hydrogen-bond acceptors (Lipinski definition) is 9. The number of benzene rings is 3. The minimum Gasteiger partial charge on any atom is -0.497 e. The highest BCUT2D eigenvalue weighted by Gasteiger charge is 2.35. The van der Waals surface area contributed by atoms with Gasteiger partial charge in [0.05, 0.1) is 45.5 Å². The molecule has 5 aromatic rings. The van der Waals surface area contributed by atoms with Crippen LogP contribution in [0, 0.1) is 10.1 Å². The molecule has 0 radical (unpaired) electrons. The van der Waals surface area contributed by atoms with Gasteiger partial charge in [0.15, 0.2) is 4.80 Å². The number of nitro groups is 1. The Labute approximate surface area is 278 Å². The lowest BCUT2D eigenvalue weighted by Crippen LogP contribution is -2.40. The first-order valence-electron chi connectivity index (χ1n) is 13.9. The van der Waals surface area contributed by atoms with Crippen molar-refractivity contribution in [3.05, 3.63) is 141 Å². The largest absolute Gasteiger partial charge is 0.497 e. The average Bonchev–Trinajstić information content (AvgIpc) is 3.65. The summed E-state index contributed by atoms with van der Waals surface area (Å²) in [7, 11) is 1.56. The topological polar surface area (TPSA) is 126 Å². The van der Waals surface area contributed by atoms with Crippen LogP contribution >= 0.6 is 38.9 Å². The van der Waals surface area contributed by atoms with Crippen LogP contribution in [0.1, 0.15) is 29.9 Å². The van der Waals surface area contributed by atoms with Crippen LogP contribution in [0.3, 0.4) is 0 Å². The predicted octanol–water partition coefficient (Wildman–Crippen LogP) is 6.53. The molecule has 0 bridgehead atoms. The van der Waals surface area contributed by atoms with Gasteiger partial charge in [0.1, 0.15) is 21.7 Å².